The van der Waals surface area contributed by atoms with E-state index < -0.39 is 4.84 Å². The van der Waals surface area contributed by atoms with Gasteiger partial charge in [0.25, 0.3) is 0 Å². The van der Waals surface area contributed by atoms with Crippen LogP contribution in [-0.2, 0) is 4.74 Å². The van der Waals surface area contributed by atoms with Crippen LogP contribution < -0.4 is 0 Å². The van der Waals surface area contributed by atoms with Crippen molar-refractivity contribution < 1.29 is 4.74 Å². The minimum Gasteiger partial charge on any atom is -0.492 e. The normalized spacial score (nSPS) is 9.22. The van der Waals surface area contributed by atoms with Crippen LogP contribution in [0.25, 0.3) is 0 Å². The van der Waals surface area contributed by atoms with E-state index in [4.69, 9.17) is 27.9 Å². The maximum atomic E-state index is 5.37. The summed E-state index contributed by atoms with van der Waals surface area (Å²) in [7, 11) is 0. The van der Waals surface area contributed by atoms with Gasteiger partial charge in [0.1, 0.15) is 12.4 Å². The number of allylic oxidation sites excluding steroid dienone is 1. The summed E-state index contributed by atoms with van der Waals surface area (Å²) in [5.74, 6) is 0.359. The van der Waals surface area contributed by atoms with Crippen LogP contribution in [0.1, 0.15) is 0 Å². The molecule has 0 aromatic heterocycles. The molecule has 0 rings (SSSR count). The van der Waals surface area contributed by atoms with Gasteiger partial charge in [0, 0.05) is 0 Å². The lowest BCUT2D eigenvalue weighted by molar-refractivity contribution is 0.249. The number of halogens is 2. The Morgan fingerprint density at radius 1 is 1.67 bits per heavy atom. The van der Waals surface area contributed by atoms with Crippen molar-refractivity contribution in [2.45, 2.75) is 4.84 Å². The zero-order chi connectivity index (χ0) is 7.28. The average Bonchev–Trinajstić information content (AvgIpc) is 1.82. The number of alkyl halides is 2. The largest absolute Gasteiger partial charge is 0.492 e. The lowest BCUT2D eigenvalue weighted by Crippen LogP contribution is -1.97. The van der Waals surface area contributed by atoms with E-state index in [1.54, 1.807) is 6.08 Å². The maximum Gasteiger partial charge on any atom is 0.163 e. The lowest BCUT2D eigenvalue weighted by Gasteiger charge is -2.05. The van der Waals surface area contributed by atoms with E-state index in [-0.39, 0.29) is 0 Å². The minimum absolute atomic E-state index is 0.359. The van der Waals surface area contributed by atoms with E-state index in [0.717, 1.165) is 0 Å². The summed E-state index contributed by atoms with van der Waals surface area (Å²) < 4.78 is 4.88. The van der Waals surface area contributed by atoms with E-state index >= 15 is 0 Å². The molecule has 0 aromatic rings. The summed E-state index contributed by atoms with van der Waals surface area (Å²) in [6, 6.07) is 0. The van der Waals surface area contributed by atoms with E-state index in [0.29, 0.717) is 12.4 Å². The standard InChI is InChI=1S/C6H8Cl2O/c1-3-4-9-5(2)6(7)8/h3,6H,1-2,4H2. The van der Waals surface area contributed by atoms with Crippen molar-refractivity contribution in [2.75, 3.05) is 6.61 Å². The molecule has 9 heavy (non-hydrogen) atoms. The second-order valence-electron chi connectivity index (χ2n) is 1.37. The molecule has 0 unspecified atom stereocenters. The Hall–Kier alpha value is -0.140. The molecule has 0 atom stereocenters. The maximum absolute atomic E-state index is 5.37. The topological polar surface area (TPSA) is 9.23 Å². The minimum atomic E-state index is -0.648. The summed E-state index contributed by atoms with van der Waals surface area (Å²) in [4.78, 5) is -0.648. The van der Waals surface area contributed by atoms with Crippen LogP contribution in [-0.4, -0.2) is 11.4 Å². The van der Waals surface area contributed by atoms with Crippen molar-refractivity contribution >= 4 is 23.2 Å². The zero-order valence-corrected chi connectivity index (χ0v) is 6.45. The molecule has 52 valence electrons. The summed E-state index contributed by atoms with van der Waals surface area (Å²) in [5.41, 5.74) is 0. The highest BCUT2D eigenvalue weighted by Crippen LogP contribution is 2.12. The van der Waals surface area contributed by atoms with Crippen LogP contribution in [0.4, 0.5) is 0 Å². The Bertz CT molecular complexity index is 110. The molecule has 0 N–H and O–H groups in total. The first-order valence-corrected chi connectivity index (χ1v) is 3.26. The third kappa shape index (κ3) is 4.37. The van der Waals surface area contributed by atoms with Crippen molar-refractivity contribution in [3.05, 3.63) is 25.0 Å². The predicted octanol–water partition coefficient (Wildman–Crippen LogP) is 2.51. The molecule has 0 saturated heterocycles. The molecule has 0 bridgehead atoms. The van der Waals surface area contributed by atoms with Gasteiger partial charge in [-0.25, -0.2) is 0 Å². The Morgan fingerprint density at radius 3 is 2.56 bits per heavy atom. The van der Waals surface area contributed by atoms with Crippen molar-refractivity contribution in [2.24, 2.45) is 0 Å². The SMILES string of the molecule is C=CCOC(=C)C(Cl)Cl. The molecule has 1 nitrogen and oxygen atoms in total. The second kappa shape index (κ2) is 4.71. The molecule has 0 aliphatic rings. The van der Waals surface area contributed by atoms with E-state index in [9.17, 15) is 0 Å². The summed E-state index contributed by atoms with van der Waals surface area (Å²) in [5, 5.41) is 0. The van der Waals surface area contributed by atoms with Crippen molar-refractivity contribution in [1.29, 1.82) is 0 Å². The fourth-order valence-electron chi connectivity index (χ4n) is 0.229. The first kappa shape index (κ1) is 8.86. The van der Waals surface area contributed by atoms with Crippen LogP contribution in [0, 0.1) is 0 Å². The second-order valence-corrected chi connectivity index (χ2v) is 2.46. The molecule has 0 spiro atoms. The molecule has 0 aliphatic carbocycles. The van der Waals surface area contributed by atoms with E-state index in [1.807, 2.05) is 0 Å². The van der Waals surface area contributed by atoms with Crippen molar-refractivity contribution in [1.82, 2.24) is 0 Å². The molecule has 0 saturated carbocycles. The summed E-state index contributed by atoms with van der Waals surface area (Å²) in [6.07, 6.45) is 1.60. The molecule has 0 heterocycles. The number of hydrogen-bond donors (Lipinski definition) is 0. The van der Waals surface area contributed by atoms with Gasteiger partial charge < -0.3 is 4.74 Å². The third-order valence-corrected chi connectivity index (χ3v) is 1.12. The zero-order valence-electron chi connectivity index (χ0n) is 4.94. The fraction of sp³-hybridized carbons (Fsp3) is 0.333. The van der Waals surface area contributed by atoms with Gasteiger partial charge in [-0.15, -0.1) is 0 Å². The van der Waals surface area contributed by atoms with Crippen LogP contribution in [0.5, 0.6) is 0 Å². The molecular weight excluding hydrogens is 159 g/mol. The van der Waals surface area contributed by atoms with E-state index in [2.05, 4.69) is 13.2 Å². The van der Waals surface area contributed by atoms with Gasteiger partial charge in [0.15, 0.2) is 4.84 Å². The van der Waals surface area contributed by atoms with Crippen molar-refractivity contribution in [3.8, 4) is 0 Å². The molecule has 0 aliphatic heterocycles. The van der Waals surface area contributed by atoms with Crippen LogP contribution in [0.3, 0.4) is 0 Å². The Balaban J connectivity index is 3.38. The fourth-order valence-corrected chi connectivity index (χ4v) is 0.355. The van der Waals surface area contributed by atoms with Crippen LogP contribution in [0.2, 0.25) is 0 Å². The number of rotatable bonds is 4. The Labute approximate surface area is 64.9 Å². The smallest absolute Gasteiger partial charge is 0.163 e. The lowest BCUT2D eigenvalue weighted by atomic mass is 10.6. The van der Waals surface area contributed by atoms with Crippen molar-refractivity contribution in [3.63, 3.8) is 0 Å². The van der Waals surface area contributed by atoms with Crippen LogP contribution >= 0.6 is 23.2 Å². The van der Waals surface area contributed by atoms with Gasteiger partial charge in [-0.05, 0) is 0 Å². The third-order valence-electron chi connectivity index (χ3n) is 0.630. The molecule has 0 fully saturated rings. The average molecular weight is 167 g/mol. The molecule has 3 heteroatoms. The first-order valence-electron chi connectivity index (χ1n) is 2.39. The highest BCUT2D eigenvalue weighted by Gasteiger charge is 2.02. The van der Waals surface area contributed by atoms with E-state index in [1.165, 1.54) is 0 Å². The molecule has 0 amide bonds. The highest BCUT2D eigenvalue weighted by molar-refractivity contribution is 6.45. The highest BCUT2D eigenvalue weighted by atomic mass is 35.5. The number of ether oxygens (including phenoxy) is 1. The van der Waals surface area contributed by atoms with Gasteiger partial charge in [-0.3, -0.25) is 0 Å². The summed E-state index contributed by atoms with van der Waals surface area (Å²) in [6.45, 7) is 7.30. The first-order chi connectivity index (χ1) is 4.18. The van der Waals surface area contributed by atoms with Gasteiger partial charge >= 0.3 is 0 Å². The van der Waals surface area contributed by atoms with Crippen LogP contribution in [0.15, 0.2) is 25.0 Å². The molecular formula is C6H8Cl2O. The van der Waals surface area contributed by atoms with Gasteiger partial charge in [-0.1, -0.05) is 42.4 Å². The predicted molar refractivity (Wildman–Crippen MR) is 40.8 cm³/mol. The Kier molecular flexibility index (Phi) is 4.64. The molecule has 0 radical (unpaired) electrons. The van der Waals surface area contributed by atoms with Gasteiger partial charge in [-0.2, -0.15) is 0 Å². The quantitative estimate of drug-likeness (QED) is 0.355. The number of hydrogen-bond acceptors (Lipinski definition) is 1. The van der Waals surface area contributed by atoms with Gasteiger partial charge in [0.2, 0.25) is 0 Å². The molecule has 0 aromatic carbocycles. The monoisotopic (exact) mass is 166 g/mol. The Morgan fingerprint density at radius 2 is 2.22 bits per heavy atom. The van der Waals surface area contributed by atoms with Gasteiger partial charge in [0.05, 0.1) is 0 Å². The summed E-state index contributed by atoms with van der Waals surface area (Å²) >= 11 is 10.7.